The summed E-state index contributed by atoms with van der Waals surface area (Å²) in [5.41, 5.74) is 2.53. The first-order valence-corrected chi connectivity index (χ1v) is 8.39. The van der Waals surface area contributed by atoms with Gasteiger partial charge in [0.25, 0.3) is 11.8 Å². The first-order chi connectivity index (χ1) is 12.7. The lowest BCUT2D eigenvalue weighted by molar-refractivity contribution is 0.0925. The normalized spacial score (nSPS) is 10.5. The zero-order chi connectivity index (χ0) is 18.4. The van der Waals surface area contributed by atoms with Gasteiger partial charge in [0.05, 0.1) is 17.3 Å². The predicted molar refractivity (Wildman–Crippen MR) is 97.8 cm³/mol. The summed E-state index contributed by atoms with van der Waals surface area (Å²) in [5, 5.41) is 6.45. The Morgan fingerprint density at radius 1 is 1.00 bits per heavy atom. The second-order valence-electron chi connectivity index (χ2n) is 5.67. The Labute approximate surface area is 150 Å². The Morgan fingerprint density at radius 3 is 2.54 bits per heavy atom. The quantitative estimate of drug-likeness (QED) is 0.661. The van der Waals surface area contributed by atoms with Crippen molar-refractivity contribution in [3.05, 3.63) is 65.9 Å². The molecule has 7 heteroatoms. The third kappa shape index (κ3) is 4.00. The van der Waals surface area contributed by atoms with E-state index < -0.39 is 0 Å². The molecule has 1 aromatic carbocycles. The van der Waals surface area contributed by atoms with E-state index in [0.29, 0.717) is 24.2 Å². The number of nitrogens with zero attached hydrogens (tertiary/aromatic N) is 3. The number of hydrogen-bond donors (Lipinski definition) is 2. The molecule has 2 heterocycles. The summed E-state index contributed by atoms with van der Waals surface area (Å²) in [4.78, 5) is 36.5. The summed E-state index contributed by atoms with van der Waals surface area (Å²) >= 11 is 0. The Kier molecular flexibility index (Phi) is 5.48. The molecule has 26 heavy (non-hydrogen) atoms. The van der Waals surface area contributed by atoms with Gasteiger partial charge >= 0.3 is 0 Å². The summed E-state index contributed by atoms with van der Waals surface area (Å²) in [6, 6.07) is 7.70. The first-order valence-electron chi connectivity index (χ1n) is 8.39. The van der Waals surface area contributed by atoms with Crippen LogP contribution in [0.3, 0.4) is 0 Å². The Morgan fingerprint density at radius 2 is 1.81 bits per heavy atom. The van der Waals surface area contributed by atoms with Crippen molar-refractivity contribution < 1.29 is 9.59 Å². The van der Waals surface area contributed by atoms with Crippen molar-refractivity contribution in [3.63, 3.8) is 0 Å². The summed E-state index contributed by atoms with van der Waals surface area (Å²) < 4.78 is 0. The number of benzene rings is 1. The minimum absolute atomic E-state index is 0.210. The number of pyridine rings is 1. The monoisotopic (exact) mass is 349 g/mol. The van der Waals surface area contributed by atoms with Crippen molar-refractivity contribution in [2.45, 2.75) is 13.3 Å². The molecule has 3 rings (SSSR count). The van der Waals surface area contributed by atoms with Crippen molar-refractivity contribution in [1.82, 2.24) is 25.6 Å². The second kappa shape index (κ2) is 8.15. The number of aryl methyl sites for hydroxylation is 1. The van der Waals surface area contributed by atoms with Crippen LogP contribution in [0.2, 0.25) is 0 Å². The van der Waals surface area contributed by atoms with E-state index in [2.05, 4.69) is 25.6 Å². The molecule has 2 N–H and O–H groups in total. The number of hydrogen-bond acceptors (Lipinski definition) is 5. The molecule has 132 valence electrons. The van der Waals surface area contributed by atoms with E-state index >= 15 is 0 Å². The number of carbonyl (C=O) groups excluding carboxylic acids is 2. The molecule has 0 atom stereocenters. The largest absolute Gasteiger partial charge is 0.350 e. The van der Waals surface area contributed by atoms with E-state index in [1.807, 2.05) is 31.2 Å². The van der Waals surface area contributed by atoms with Crippen LogP contribution < -0.4 is 10.6 Å². The Balaban J connectivity index is 1.62. The van der Waals surface area contributed by atoms with Crippen LogP contribution in [0.15, 0.2) is 49.1 Å². The van der Waals surface area contributed by atoms with Gasteiger partial charge in [0.15, 0.2) is 0 Å². The molecule has 2 aromatic heterocycles. The van der Waals surface area contributed by atoms with Crippen LogP contribution in [0.4, 0.5) is 0 Å². The van der Waals surface area contributed by atoms with Gasteiger partial charge in [0.2, 0.25) is 0 Å². The van der Waals surface area contributed by atoms with Crippen LogP contribution in [-0.2, 0) is 6.42 Å². The van der Waals surface area contributed by atoms with Crippen molar-refractivity contribution in [3.8, 4) is 0 Å². The van der Waals surface area contributed by atoms with E-state index in [9.17, 15) is 9.59 Å². The molecule has 0 bridgehead atoms. The summed E-state index contributed by atoms with van der Waals surface area (Å²) in [6.07, 6.45) is 6.85. The molecule has 0 saturated heterocycles. The van der Waals surface area contributed by atoms with Crippen molar-refractivity contribution >= 4 is 22.7 Å². The van der Waals surface area contributed by atoms with Gasteiger partial charge in [0, 0.05) is 37.1 Å². The third-order valence-corrected chi connectivity index (χ3v) is 3.91. The topological polar surface area (TPSA) is 96.9 Å². The molecule has 0 spiro atoms. The molecular formula is C19H19N5O2. The fraction of sp³-hybridized carbons (Fsp3) is 0.211. The van der Waals surface area contributed by atoms with Gasteiger partial charge in [-0.05, 0) is 30.2 Å². The zero-order valence-corrected chi connectivity index (χ0v) is 14.4. The molecule has 7 nitrogen and oxygen atoms in total. The number of amides is 2. The molecular weight excluding hydrogens is 330 g/mol. The van der Waals surface area contributed by atoms with Gasteiger partial charge in [0.1, 0.15) is 5.69 Å². The highest BCUT2D eigenvalue weighted by Gasteiger charge is 2.12. The van der Waals surface area contributed by atoms with Crippen molar-refractivity contribution in [2.24, 2.45) is 0 Å². The molecule has 0 aliphatic carbocycles. The van der Waals surface area contributed by atoms with Crippen LogP contribution in [-0.4, -0.2) is 39.9 Å². The average molecular weight is 349 g/mol. The van der Waals surface area contributed by atoms with Crippen LogP contribution >= 0.6 is 0 Å². The van der Waals surface area contributed by atoms with Crippen molar-refractivity contribution in [2.75, 3.05) is 13.1 Å². The first kappa shape index (κ1) is 17.5. The molecule has 0 radical (unpaired) electrons. The molecule has 0 unspecified atom stereocenters. The predicted octanol–water partition coefficient (Wildman–Crippen LogP) is 1.75. The van der Waals surface area contributed by atoms with Crippen LogP contribution in [0.25, 0.3) is 10.9 Å². The number of aromatic nitrogens is 3. The second-order valence-corrected chi connectivity index (χ2v) is 5.67. The Bertz CT molecular complexity index is 928. The lowest BCUT2D eigenvalue weighted by Crippen LogP contribution is -2.35. The van der Waals surface area contributed by atoms with Gasteiger partial charge in [-0.25, -0.2) is 4.98 Å². The minimum atomic E-state index is -0.326. The number of nitrogens with one attached hydrogen (secondary N) is 2. The summed E-state index contributed by atoms with van der Waals surface area (Å²) in [7, 11) is 0. The van der Waals surface area contributed by atoms with Gasteiger partial charge in [-0.3, -0.25) is 19.6 Å². The average Bonchev–Trinajstić information content (AvgIpc) is 2.70. The van der Waals surface area contributed by atoms with Gasteiger partial charge in [-0.2, -0.15) is 0 Å². The van der Waals surface area contributed by atoms with Crippen LogP contribution in [0, 0.1) is 0 Å². The van der Waals surface area contributed by atoms with E-state index in [-0.39, 0.29) is 17.5 Å². The minimum Gasteiger partial charge on any atom is -0.350 e. The van der Waals surface area contributed by atoms with E-state index in [1.165, 1.54) is 18.6 Å². The summed E-state index contributed by atoms with van der Waals surface area (Å²) in [5.74, 6) is -0.537. The molecule has 2 amide bonds. The maximum Gasteiger partial charge on any atom is 0.271 e. The van der Waals surface area contributed by atoms with Crippen LogP contribution in [0.1, 0.15) is 33.3 Å². The number of carbonyl (C=O) groups is 2. The smallest absolute Gasteiger partial charge is 0.271 e. The van der Waals surface area contributed by atoms with Gasteiger partial charge in [-0.1, -0.05) is 13.0 Å². The maximum absolute atomic E-state index is 12.6. The van der Waals surface area contributed by atoms with E-state index in [0.717, 1.165) is 17.4 Å². The Hall–Kier alpha value is -3.35. The highest BCUT2D eigenvalue weighted by Crippen LogP contribution is 2.19. The van der Waals surface area contributed by atoms with Crippen molar-refractivity contribution in [1.29, 1.82) is 0 Å². The molecule has 0 aliphatic rings. The fourth-order valence-corrected chi connectivity index (χ4v) is 2.59. The SMILES string of the molecule is CCc1cc(C(=O)NCCNC(=O)c2cnccn2)c2ncccc2c1. The van der Waals surface area contributed by atoms with E-state index in [4.69, 9.17) is 0 Å². The number of rotatable bonds is 6. The zero-order valence-electron chi connectivity index (χ0n) is 14.4. The lowest BCUT2D eigenvalue weighted by atomic mass is 10.0. The molecule has 0 aliphatic heterocycles. The fourth-order valence-electron chi connectivity index (χ4n) is 2.59. The van der Waals surface area contributed by atoms with Crippen LogP contribution in [0.5, 0.6) is 0 Å². The van der Waals surface area contributed by atoms with Gasteiger partial charge in [-0.15, -0.1) is 0 Å². The highest BCUT2D eigenvalue weighted by atomic mass is 16.2. The molecule has 0 fully saturated rings. The van der Waals surface area contributed by atoms with E-state index in [1.54, 1.807) is 6.20 Å². The standard InChI is InChI=1S/C19H19N5O2/c1-2-13-10-14-4-3-5-22-17(14)15(11-13)18(25)23-8-9-24-19(26)16-12-20-6-7-21-16/h3-7,10-12H,2,8-9H2,1H3,(H,23,25)(H,24,26). The summed E-state index contributed by atoms with van der Waals surface area (Å²) in [6.45, 7) is 2.64. The number of fused-ring (bicyclic) bond motifs is 1. The highest BCUT2D eigenvalue weighted by molar-refractivity contribution is 6.05. The third-order valence-electron chi connectivity index (χ3n) is 3.91. The lowest BCUT2D eigenvalue weighted by Gasteiger charge is -2.10. The van der Waals surface area contributed by atoms with Gasteiger partial charge < -0.3 is 10.6 Å². The molecule has 3 aromatic rings. The maximum atomic E-state index is 12.6. The molecule has 0 saturated carbocycles.